The van der Waals surface area contributed by atoms with Gasteiger partial charge in [-0.1, -0.05) is 31.8 Å². The van der Waals surface area contributed by atoms with E-state index in [0.717, 1.165) is 50.6 Å². The summed E-state index contributed by atoms with van der Waals surface area (Å²) in [6.07, 6.45) is 3.65. The van der Waals surface area contributed by atoms with Crippen molar-refractivity contribution in [3.63, 3.8) is 0 Å². The number of rotatable bonds is 5. The molecule has 0 aromatic carbocycles. The third kappa shape index (κ3) is 5.05. The highest BCUT2D eigenvalue weighted by molar-refractivity contribution is 5.78. The van der Waals surface area contributed by atoms with Crippen LogP contribution < -0.4 is 5.32 Å². The summed E-state index contributed by atoms with van der Waals surface area (Å²) in [5.74, 6) is 2.34. The average molecular weight is 348 g/mol. The zero-order valence-electron chi connectivity index (χ0n) is 15.8. The van der Waals surface area contributed by atoms with E-state index >= 15 is 0 Å². The Balaban J connectivity index is 1.39. The Morgan fingerprint density at radius 3 is 2.64 bits per heavy atom. The van der Waals surface area contributed by atoms with Crippen molar-refractivity contribution in [1.29, 1.82) is 0 Å². The standard InChI is InChI=1S/C19H32N4O2/c1-14-5-4-6-18(16(14)3)20-19(24)13-23-9-7-22(8-10-23)12-17-11-15(2)25-21-17/h11,14,16,18H,4-10,12-13H2,1-3H3,(H,20,24)/t14-,16-,18-/m0/s1. The Morgan fingerprint density at radius 2 is 1.96 bits per heavy atom. The second kappa shape index (κ2) is 8.32. The minimum atomic E-state index is 0.187. The van der Waals surface area contributed by atoms with Crippen molar-refractivity contribution in [2.75, 3.05) is 32.7 Å². The number of hydrogen-bond acceptors (Lipinski definition) is 5. The van der Waals surface area contributed by atoms with E-state index in [-0.39, 0.29) is 5.91 Å². The molecule has 1 saturated carbocycles. The summed E-state index contributed by atoms with van der Waals surface area (Å²) in [5, 5.41) is 7.34. The highest BCUT2D eigenvalue weighted by atomic mass is 16.5. The van der Waals surface area contributed by atoms with Crippen LogP contribution in [0.15, 0.2) is 10.6 Å². The van der Waals surface area contributed by atoms with Gasteiger partial charge in [-0.05, 0) is 25.2 Å². The molecule has 1 aliphatic carbocycles. The maximum absolute atomic E-state index is 12.4. The van der Waals surface area contributed by atoms with Gasteiger partial charge in [-0.15, -0.1) is 0 Å². The van der Waals surface area contributed by atoms with Crippen LogP contribution in [0.5, 0.6) is 0 Å². The van der Waals surface area contributed by atoms with Gasteiger partial charge in [0.2, 0.25) is 5.91 Å². The Kier molecular flexibility index (Phi) is 6.12. The number of aromatic nitrogens is 1. The number of nitrogens with one attached hydrogen (secondary N) is 1. The number of nitrogens with zero attached hydrogens (tertiary/aromatic N) is 3. The molecule has 140 valence electrons. The molecule has 0 unspecified atom stereocenters. The summed E-state index contributed by atoms with van der Waals surface area (Å²) in [6.45, 7) is 11.6. The molecule has 0 radical (unpaired) electrons. The van der Waals surface area contributed by atoms with Crippen molar-refractivity contribution in [1.82, 2.24) is 20.3 Å². The minimum absolute atomic E-state index is 0.187. The largest absolute Gasteiger partial charge is 0.361 e. The molecule has 1 aromatic rings. The molecule has 1 aliphatic heterocycles. The summed E-state index contributed by atoms with van der Waals surface area (Å²) in [7, 11) is 0. The second-order valence-corrected chi connectivity index (χ2v) is 7.92. The first-order chi connectivity index (χ1) is 12.0. The molecule has 1 aromatic heterocycles. The van der Waals surface area contributed by atoms with E-state index < -0.39 is 0 Å². The van der Waals surface area contributed by atoms with E-state index in [1.807, 2.05) is 13.0 Å². The highest BCUT2D eigenvalue weighted by Crippen LogP contribution is 2.29. The summed E-state index contributed by atoms with van der Waals surface area (Å²) < 4.78 is 5.13. The van der Waals surface area contributed by atoms with Crippen molar-refractivity contribution in [3.8, 4) is 0 Å². The van der Waals surface area contributed by atoms with Gasteiger partial charge in [0.1, 0.15) is 5.76 Å². The molecular weight excluding hydrogens is 316 g/mol. The summed E-state index contributed by atoms with van der Waals surface area (Å²) >= 11 is 0. The van der Waals surface area contributed by atoms with Crippen LogP contribution in [-0.2, 0) is 11.3 Å². The third-order valence-corrected chi connectivity index (χ3v) is 5.95. The average Bonchev–Trinajstić information content (AvgIpc) is 2.99. The molecule has 25 heavy (non-hydrogen) atoms. The number of carbonyl (C=O) groups is 1. The van der Waals surface area contributed by atoms with Gasteiger partial charge in [-0.25, -0.2) is 0 Å². The lowest BCUT2D eigenvalue weighted by Crippen LogP contribution is -2.51. The predicted octanol–water partition coefficient (Wildman–Crippen LogP) is 2.04. The van der Waals surface area contributed by atoms with E-state index in [1.54, 1.807) is 0 Å². The molecule has 0 spiro atoms. The lowest BCUT2D eigenvalue weighted by atomic mass is 9.78. The molecule has 1 N–H and O–H groups in total. The minimum Gasteiger partial charge on any atom is -0.361 e. The van der Waals surface area contributed by atoms with E-state index in [4.69, 9.17) is 4.52 Å². The summed E-state index contributed by atoms with van der Waals surface area (Å²) in [6, 6.07) is 2.35. The number of carbonyl (C=O) groups excluding carboxylic acids is 1. The van der Waals surface area contributed by atoms with Crippen LogP contribution in [0.4, 0.5) is 0 Å². The molecule has 2 heterocycles. The number of amides is 1. The van der Waals surface area contributed by atoms with Gasteiger partial charge < -0.3 is 9.84 Å². The molecular formula is C19H32N4O2. The van der Waals surface area contributed by atoms with Gasteiger partial charge in [-0.3, -0.25) is 14.6 Å². The van der Waals surface area contributed by atoms with Crippen LogP contribution in [0.2, 0.25) is 0 Å². The Labute approximate surface area is 150 Å². The molecule has 2 aliphatic rings. The summed E-state index contributed by atoms with van der Waals surface area (Å²) in [4.78, 5) is 17.1. The van der Waals surface area contributed by atoms with Crippen LogP contribution in [0.1, 0.15) is 44.6 Å². The zero-order valence-corrected chi connectivity index (χ0v) is 15.8. The molecule has 6 nitrogen and oxygen atoms in total. The number of hydrogen-bond donors (Lipinski definition) is 1. The highest BCUT2D eigenvalue weighted by Gasteiger charge is 2.28. The van der Waals surface area contributed by atoms with Crippen molar-refractivity contribution in [2.45, 2.75) is 52.6 Å². The molecule has 3 rings (SSSR count). The Morgan fingerprint density at radius 1 is 1.24 bits per heavy atom. The summed E-state index contributed by atoms with van der Waals surface area (Å²) in [5.41, 5.74) is 0.990. The van der Waals surface area contributed by atoms with E-state index in [0.29, 0.717) is 24.4 Å². The molecule has 3 atom stereocenters. The quantitative estimate of drug-likeness (QED) is 0.882. The molecule has 1 saturated heterocycles. The van der Waals surface area contributed by atoms with Crippen LogP contribution in [-0.4, -0.2) is 59.6 Å². The van der Waals surface area contributed by atoms with E-state index in [9.17, 15) is 4.79 Å². The van der Waals surface area contributed by atoms with Gasteiger partial charge in [-0.2, -0.15) is 0 Å². The van der Waals surface area contributed by atoms with Gasteiger partial charge in [0, 0.05) is 44.8 Å². The zero-order chi connectivity index (χ0) is 17.8. The number of aryl methyl sites for hydroxylation is 1. The topological polar surface area (TPSA) is 61.6 Å². The Hall–Kier alpha value is -1.40. The second-order valence-electron chi connectivity index (χ2n) is 7.92. The molecule has 0 bridgehead atoms. The fourth-order valence-corrected chi connectivity index (χ4v) is 4.07. The number of piperazine rings is 1. The van der Waals surface area contributed by atoms with Crippen molar-refractivity contribution in [3.05, 3.63) is 17.5 Å². The molecule has 1 amide bonds. The van der Waals surface area contributed by atoms with Gasteiger partial charge in [0.15, 0.2) is 0 Å². The fraction of sp³-hybridized carbons (Fsp3) is 0.789. The van der Waals surface area contributed by atoms with Gasteiger partial charge in [0.05, 0.1) is 12.2 Å². The third-order valence-electron chi connectivity index (χ3n) is 5.95. The van der Waals surface area contributed by atoms with Crippen LogP contribution in [0, 0.1) is 18.8 Å². The monoisotopic (exact) mass is 348 g/mol. The first-order valence-electron chi connectivity index (χ1n) is 9.67. The maximum Gasteiger partial charge on any atom is 0.234 e. The van der Waals surface area contributed by atoms with Gasteiger partial charge >= 0.3 is 0 Å². The van der Waals surface area contributed by atoms with Crippen LogP contribution in [0.25, 0.3) is 0 Å². The van der Waals surface area contributed by atoms with Crippen molar-refractivity contribution in [2.24, 2.45) is 11.8 Å². The predicted molar refractivity (Wildman–Crippen MR) is 97.1 cm³/mol. The smallest absolute Gasteiger partial charge is 0.234 e. The van der Waals surface area contributed by atoms with Crippen LogP contribution in [0.3, 0.4) is 0 Å². The lowest BCUT2D eigenvalue weighted by molar-refractivity contribution is -0.124. The fourth-order valence-electron chi connectivity index (χ4n) is 4.07. The normalized spacial score (nSPS) is 28.8. The van der Waals surface area contributed by atoms with E-state index in [2.05, 4.69) is 34.1 Å². The van der Waals surface area contributed by atoms with Gasteiger partial charge in [0.25, 0.3) is 0 Å². The Bertz CT molecular complexity index is 566. The van der Waals surface area contributed by atoms with Crippen molar-refractivity contribution >= 4 is 5.91 Å². The SMILES string of the molecule is Cc1cc(CN2CCN(CC(=O)N[C@H]3CCC[C@H](C)[C@@H]3C)CC2)no1. The van der Waals surface area contributed by atoms with E-state index in [1.165, 1.54) is 12.8 Å². The lowest BCUT2D eigenvalue weighted by Gasteiger charge is -2.36. The maximum atomic E-state index is 12.4. The van der Waals surface area contributed by atoms with Crippen molar-refractivity contribution < 1.29 is 9.32 Å². The first-order valence-corrected chi connectivity index (χ1v) is 9.67. The first kappa shape index (κ1) is 18.4. The molecule has 2 fully saturated rings. The molecule has 6 heteroatoms. The van der Waals surface area contributed by atoms with Crippen LogP contribution >= 0.6 is 0 Å².